The van der Waals surface area contributed by atoms with Gasteiger partial charge in [-0.1, -0.05) is 0 Å². The highest BCUT2D eigenvalue weighted by molar-refractivity contribution is 5.47. The van der Waals surface area contributed by atoms with E-state index in [1.807, 2.05) is 4.90 Å². The van der Waals surface area contributed by atoms with Crippen LogP contribution in [0.4, 0.5) is 14.5 Å². The highest BCUT2D eigenvalue weighted by Crippen LogP contribution is 2.22. The van der Waals surface area contributed by atoms with Gasteiger partial charge in [0.15, 0.2) is 0 Å². The van der Waals surface area contributed by atoms with Crippen molar-refractivity contribution in [2.75, 3.05) is 18.0 Å². The van der Waals surface area contributed by atoms with E-state index in [1.165, 1.54) is 12.1 Å². The van der Waals surface area contributed by atoms with E-state index in [1.54, 1.807) is 0 Å². The molecule has 0 aliphatic carbocycles. The van der Waals surface area contributed by atoms with Crippen molar-refractivity contribution in [3.63, 3.8) is 0 Å². The third-order valence-electron chi connectivity index (χ3n) is 3.48. The van der Waals surface area contributed by atoms with Gasteiger partial charge in [0, 0.05) is 31.2 Å². The van der Waals surface area contributed by atoms with Crippen molar-refractivity contribution in [1.29, 1.82) is 0 Å². The number of anilines is 1. The number of benzene rings is 1. The lowest BCUT2D eigenvalue weighted by atomic mass is 10.1. The maximum absolute atomic E-state index is 13.8. The van der Waals surface area contributed by atoms with Gasteiger partial charge in [0.25, 0.3) is 0 Å². The SMILES string of the molecule is CC1CCN(c2ccc(F)cc2F)CCC(C)N1. The Balaban J connectivity index is 2.15. The van der Waals surface area contributed by atoms with Gasteiger partial charge < -0.3 is 10.2 Å². The Morgan fingerprint density at radius 2 is 1.72 bits per heavy atom. The molecule has 0 spiro atoms. The van der Waals surface area contributed by atoms with Crippen LogP contribution < -0.4 is 10.2 Å². The predicted molar refractivity (Wildman–Crippen MR) is 69.9 cm³/mol. The van der Waals surface area contributed by atoms with Crippen molar-refractivity contribution >= 4 is 5.69 Å². The number of nitrogens with zero attached hydrogens (tertiary/aromatic N) is 1. The second-order valence-electron chi connectivity index (χ2n) is 5.13. The van der Waals surface area contributed by atoms with Crippen LogP contribution in [0, 0.1) is 11.6 Å². The van der Waals surface area contributed by atoms with Crippen molar-refractivity contribution in [2.24, 2.45) is 0 Å². The molecular weight excluding hydrogens is 234 g/mol. The van der Waals surface area contributed by atoms with Gasteiger partial charge in [0.1, 0.15) is 11.6 Å². The number of rotatable bonds is 1. The quantitative estimate of drug-likeness (QED) is 0.829. The minimum atomic E-state index is -0.522. The Morgan fingerprint density at radius 1 is 1.11 bits per heavy atom. The van der Waals surface area contributed by atoms with E-state index in [0.29, 0.717) is 17.8 Å². The fourth-order valence-electron chi connectivity index (χ4n) is 2.44. The number of halogens is 2. The molecule has 100 valence electrons. The van der Waals surface area contributed by atoms with Crippen molar-refractivity contribution in [1.82, 2.24) is 5.32 Å². The first-order valence-corrected chi connectivity index (χ1v) is 6.52. The minimum Gasteiger partial charge on any atom is -0.369 e. The summed E-state index contributed by atoms with van der Waals surface area (Å²) in [5, 5.41) is 3.50. The third-order valence-corrected chi connectivity index (χ3v) is 3.48. The molecule has 4 heteroatoms. The van der Waals surface area contributed by atoms with E-state index in [-0.39, 0.29) is 0 Å². The lowest BCUT2D eigenvalue weighted by Crippen LogP contribution is -2.43. The Kier molecular flexibility index (Phi) is 4.17. The smallest absolute Gasteiger partial charge is 0.149 e. The molecule has 2 rings (SSSR count). The van der Waals surface area contributed by atoms with Crippen LogP contribution in [0.15, 0.2) is 18.2 Å². The van der Waals surface area contributed by atoms with Crippen LogP contribution in [0.1, 0.15) is 26.7 Å². The van der Waals surface area contributed by atoms with Crippen LogP contribution in [0.5, 0.6) is 0 Å². The molecule has 1 fully saturated rings. The van der Waals surface area contributed by atoms with Crippen molar-refractivity contribution in [3.05, 3.63) is 29.8 Å². The summed E-state index contributed by atoms with van der Waals surface area (Å²) in [5.74, 6) is -0.990. The predicted octanol–water partition coefficient (Wildman–Crippen LogP) is 2.93. The fraction of sp³-hybridized carbons (Fsp3) is 0.571. The van der Waals surface area contributed by atoms with Gasteiger partial charge in [-0.25, -0.2) is 8.78 Å². The fourth-order valence-corrected chi connectivity index (χ4v) is 2.44. The highest BCUT2D eigenvalue weighted by Gasteiger charge is 2.18. The van der Waals surface area contributed by atoms with E-state index in [2.05, 4.69) is 19.2 Å². The summed E-state index contributed by atoms with van der Waals surface area (Å²) in [6.45, 7) is 5.87. The summed E-state index contributed by atoms with van der Waals surface area (Å²) >= 11 is 0. The Labute approximate surface area is 107 Å². The van der Waals surface area contributed by atoms with Gasteiger partial charge in [-0.15, -0.1) is 0 Å². The molecule has 1 N–H and O–H groups in total. The summed E-state index contributed by atoms with van der Waals surface area (Å²) in [6.07, 6.45) is 1.92. The average Bonchev–Trinajstić information content (AvgIpc) is 2.28. The zero-order valence-corrected chi connectivity index (χ0v) is 10.9. The first-order chi connectivity index (χ1) is 8.56. The Morgan fingerprint density at radius 3 is 2.28 bits per heavy atom. The second kappa shape index (κ2) is 5.65. The van der Waals surface area contributed by atoms with E-state index in [0.717, 1.165) is 32.0 Å². The molecule has 0 radical (unpaired) electrons. The summed E-state index contributed by atoms with van der Waals surface area (Å²) in [7, 11) is 0. The van der Waals surface area contributed by atoms with Crippen LogP contribution in [0.3, 0.4) is 0 Å². The van der Waals surface area contributed by atoms with E-state index in [4.69, 9.17) is 0 Å². The highest BCUT2D eigenvalue weighted by atomic mass is 19.1. The average molecular weight is 254 g/mol. The van der Waals surface area contributed by atoms with Gasteiger partial charge in [-0.05, 0) is 38.8 Å². The first kappa shape index (κ1) is 13.3. The molecule has 0 saturated carbocycles. The topological polar surface area (TPSA) is 15.3 Å². The number of hydrogen-bond donors (Lipinski definition) is 1. The summed E-state index contributed by atoms with van der Waals surface area (Å²) in [5.41, 5.74) is 0.512. The van der Waals surface area contributed by atoms with Gasteiger partial charge in [0.05, 0.1) is 5.69 Å². The maximum Gasteiger partial charge on any atom is 0.149 e. The van der Waals surface area contributed by atoms with Crippen LogP contribution in [-0.4, -0.2) is 25.2 Å². The largest absolute Gasteiger partial charge is 0.369 e. The molecule has 1 aromatic rings. The Bertz CT molecular complexity index is 397. The molecule has 1 aromatic carbocycles. The second-order valence-corrected chi connectivity index (χ2v) is 5.13. The molecule has 1 aliphatic rings. The molecule has 2 atom stereocenters. The summed E-state index contributed by atoms with van der Waals surface area (Å²) in [6, 6.07) is 4.66. The van der Waals surface area contributed by atoms with E-state index >= 15 is 0 Å². The zero-order valence-electron chi connectivity index (χ0n) is 10.9. The van der Waals surface area contributed by atoms with E-state index in [9.17, 15) is 8.78 Å². The molecule has 1 aliphatic heterocycles. The standard InChI is InChI=1S/C14H20F2N2/c1-10-5-7-18(8-6-11(2)17-10)14-4-3-12(15)9-13(14)16/h3-4,9-11,17H,5-8H2,1-2H3. The normalized spacial score (nSPS) is 25.7. The summed E-state index contributed by atoms with van der Waals surface area (Å²) in [4.78, 5) is 2.02. The van der Waals surface area contributed by atoms with Crippen LogP contribution in [0.2, 0.25) is 0 Å². The summed E-state index contributed by atoms with van der Waals surface area (Å²) < 4.78 is 26.7. The van der Waals surface area contributed by atoms with Crippen molar-refractivity contribution in [2.45, 2.75) is 38.8 Å². The lowest BCUT2D eigenvalue weighted by molar-refractivity contribution is 0.402. The van der Waals surface area contributed by atoms with Crippen LogP contribution >= 0.6 is 0 Å². The molecule has 0 amide bonds. The lowest BCUT2D eigenvalue weighted by Gasteiger charge is -2.32. The van der Waals surface area contributed by atoms with Crippen LogP contribution in [-0.2, 0) is 0 Å². The molecule has 1 heterocycles. The molecular formula is C14H20F2N2. The zero-order chi connectivity index (χ0) is 13.1. The van der Waals surface area contributed by atoms with Gasteiger partial charge in [-0.3, -0.25) is 0 Å². The molecule has 1 saturated heterocycles. The molecule has 18 heavy (non-hydrogen) atoms. The monoisotopic (exact) mass is 254 g/mol. The molecule has 2 nitrogen and oxygen atoms in total. The van der Waals surface area contributed by atoms with Gasteiger partial charge in [0.2, 0.25) is 0 Å². The Hall–Kier alpha value is -1.16. The number of nitrogens with one attached hydrogen (secondary N) is 1. The minimum absolute atomic E-state index is 0.423. The number of hydrogen-bond acceptors (Lipinski definition) is 2. The molecule has 2 unspecified atom stereocenters. The maximum atomic E-state index is 13.8. The van der Waals surface area contributed by atoms with Gasteiger partial charge >= 0.3 is 0 Å². The van der Waals surface area contributed by atoms with Crippen molar-refractivity contribution in [3.8, 4) is 0 Å². The first-order valence-electron chi connectivity index (χ1n) is 6.52. The third kappa shape index (κ3) is 3.19. The van der Waals surface area contributed by atoms with Crippen LogP contribution in [0.25, 0.3) is 0 Å². The molecule has 0 aromatic heterocycles. The van der Waals surface area contributed by atoms with E-state index < -0.39 is 11.6 Å². The van der Waals surface area contributed by atoms with Gasteiger partial charge in [-0.2, -0.15) is 0 Å². The van der Waals surface area contributed by atoms with Crippen molar-refractivity contribution < 1.29 is 8.78 Å². The molecule has 0 bridgehead atoms.